The zero-order valence-electron chi connectivity index (χ0n) is 14.6. The van der Waals surface area contributed by atoms with Gasteiger partial charge in [-0.2, -0.15) is 0 Å². The smallest absolute Gasteiger partial charge is 0.287 e. The molecule has 0 aliphatic rings. The van der Waals surface area contributed by atoms with Crippen LogP contribution in [0.1, 0.15) is 95.5 Å². The molecule has 0 radical (unpaired) electrons. The number of nitrogens with one attached hydrogen (secondary N) is 1. The van der Waals surface area contributed by atoms with Gasteiger partial charge in [0.1, 0.15) is 0 Å². The Hall–Kier alpha value is -1.25. The Morgan fingerprint density at radius 3 is 2.23 bits per heavy atom. The summed E-state index contributed by atoms with van der Waals surface area (Å²) in [5.74, 6) is 0.324. The average molecular weight is 307 g/mol. The summed E-state index contributed by atoms with van der Waals surface area (Å²) in [7, 11) is 0. The molecule has 0 fully saturated rings. The predicted octanol–water partition coefficient (Wildman–Crippen LogP) is 5.71. The van der Waals surface area contributed by atoms with Crippen molar-refractivity contribution in [2.24, 2.45) is 0 Å². The number of furan rings is 1. The largest absolute Gasteiger partial charge is 0.459 e. The summed E-state index contributed by atoms with van der Waals surface area (Å²) in [4.78, 5) is 12.3. The van der Waals surface area contributed by atoms with Crippen molar-refractivity contribution in [3.05, 3.63) is 24.2 Å². The molecule has 0 spiro atoms. The van der Waals surface area contributed by atoms with Gasteiger partial charge >= 0.3 is 0 Å². The van der Waals surface area contributed by atoms with Crippen LogP contribution >= 0.6 is 0 Å². The fourth-order valence-corrected chi connectivity index (χ4v) is 2.88. The minimum Gasteiger partial charge on any atom is -0.459 e. The first-order chi connectivity index (χ1) is 10.6. The predicted molar refractivity (Wildman–Crippen MR) is 92.1 cm³/mol. The third-order valence-corrected chi connectivity index (χ3v) is 4.32. The quantitative estimate of drug-likeness (QED) is 0.503. The molecule has 1 unspecified atom stereocenters. The molecule has 0 bridgehead atoms. The lowest BCUT2D eigenvalue weighted by molar-refractivity contribution is 0.0864. The number of hydrogen-bond donors (Lipinski definition) is 1. The summed E-state index contributed by atoms with van der Waals surface area (Å²) in [5, 5.41) is 3.21. The molecule has 126 valence electrons. The third kappa shape index (κ3) is 7.15. The monoisotopic (exact) mass is 307 g/mol. The van der Waals surface area contributed by atoms with Gasteiger partial charge in [0.2, 0.25) is 0 Å². The van der Waals surface area contributed by atoms with E-state index >= 15 is 0 Å². The van der Waals surface area contributed by atoms with Crippen molar-refractivity contribution in [1.82, 2.24) is 5.32 Å². The van der Waals surface area contributed by atoms with Gasteiger partial charge in [-0.15, -0.1) is 0 Å². The maximum Gasteiger partial charge on any atom is 0.287 e. The second-order valence-electron chi connectivity index (χ2n) is 6.61. The van der Waals surface area contributed by atoms with Crippen LogP contribution in [0.25, 0.3) is 0 Å². The van der Waals surface area contributed by atoms with Crippen LogP contribution in [0.5, 0.6) is 0 Å². The maximum atomic E-state index is 12.3. The number of rotatable bonds is 12. The lowest BCUT2D eigenvalue weighted by Crippen LogP contribution is -2.45. The molecule has 0 aromatic carbocycles. The van der Waals surface area contributed by atoms with E-state index in [0.29, 0.717) is 5.76 Å². The topological polar surface area (TPSA) is 42.2 Å². The molecule has 1 rings (SSSR count). The standard InChI is InChI=1S/C19H33NO2/c1-4-6-8-9-11-15-19(3,14-10-7-5-2)20-18(21)17-13-12-16-22-17/h12-13,16H,4-11,14-15H2,1-3H3,(H,20,21). The molecule has 1 aromatic rings. The van der Waals surface area contributed by atoms with Gasteiger partial charge in [0.25, 0.3) is 5.91 Å². The Kier molecular flexibility index (Phi) is 8.95. The van der Waals surface area contributed by atoms with E-state index in [1.807, 2.05) is 0 Å². The highest BCUT2D eigenvalue weighted by Gasteiger charge is 2.26. The molecule has 1 N–H and O–H groups in total. The van der Waals surface area contributed by atoms with E-state index in [0.717, 1.165) is 12.8 Å². The van der Waals surface area contributed by atoms with Crippen LogP contribution in [-0.4, -0.2) is 11.4 Å². The van der Waals surface area contributed by atoms with Crippen molar-refractivity contribution in [2.45, 2.75) is 90.5 Å². The van der Waals surface area contributed by atoms with Crippen molar-refractivity contribution in [2.75, 3.05) is 0 Å². The summed E-state index contributed by atoms with van der Waals surface area (Å²) >= 11 is 0. The van der Waals surface area contributed by atoms with Crippen molar-refractivity contribution >= 4 is 5.91 Å². The fourth-order valence-electron chi connectivity index (χ4n) is 2.88. The molecule has 0 saturated heterocycles. The van der Waals surface area contributed by atoms with Gasteiger partial charge in [-0.25, -0.2) is 0 Å². The summed E-state index contributed by atoms with van der Waals surface area (Å²) in [6.45, 7) is 6.63. The van der Waals surface area contributed by atoms with Crippen LogP contribution in [0.4, 0.5) is 0 Å². The van der Waals surface area contributed by atoms with E-state index < -0.39 is 0 Å². The van der Waals surface area contributed by atoms with Crippen LogP contribution in [0, 0.1) is 0 Å². The first kappa shape index (κ1) is 18.8. The molecule has 1 atom stereocenters. The van der Waals surface area contributed by atoms with E-state index in [9.17, 15) is 4.79 Å². The van der Waals surface area contributed by atoms with Crippen molar-refractivity contribution in [3.8, 4) is 0 Å². The molecule has 3 nitrogen and oxygen atoms in total. The highest BCUT2D eigenvalue weighted by Crippen LogP contribution is 2.23. The molecule has 22 heavy (non-hydrogen) atoms. The van der Waals surface area contributed by atoms with Gasteiger partial charge in [0.15, 0.2) is 5.76 Å². The molecule has 1 amide bonds. The highest BCUT2D eigenvalue weighted by molar-refractivity contribution is 5.91. The normalized spacial score (nSPS) is 13.8. The number of carbonyl (C=O) groups is 1. The van der Waals surface area contributed by atoms with E-state index in [1.54, 1.807) is 18.4 Å². The fraction of sp³-hybridized carbons (Fsp3) is 0.737. The summed E-state index contributed by atoms with van der Waals surface area (Å²) < 4.78 is 5.21. The summed E-state index contributed by atoms with van der Waals surface area (Å²) in [6.07, 6.45) is 13.6. The average Bonchev–Trinajstić information content (AvgIpc) is 3.02. The van der Waals surface area contributed by atoms with E-state index in [2.05, 4.69) is 26.1 Å². The van der Waals surface area contributed by atoms with E-state index in [1.165, 1.54) is 51.4 Å². The van der Waals surface area contributed by atoms with Gasteiger partial charge in [-0.05, 0) is 31.9 Å². The van der Waals surface area contributed by atoms with Crippen molar-refractivity contribution in [1.29, 1.82) is 0 Å². The lowest BCUT2D eigenvalue weighted by atomic mass is 9.88. The number of unbranched alkanes of at least 4 members (excludes halogenated alkanes) is 6. The Balaban J connectivity index is 2.50. The van der Waals surface area contributed by atoms with Gasteiger partial charge in [0.05, 0.1) is 6.26 Å². The molecule has 0 aliphatic carbocycles. The molecular formula is C19H33NO2. The molecule has 0 aliphatic heterocycles. The Morgan fingerprint density at radius 1 is 1.05 bits per heavy atom. The molecule has 1 aromatic heterocycles. The Labute approximate surface area is 135 Å². The first-order valence-electron chi connectivity index (χ1n) is 8.97. The van der Waals surface area contributed by atoms with Crippen LogP contribution in [-0.2, 0) is 0 Å². The number of hydrogen-bond acceptors (Lipinski definition) is 2. The van der Waals surface area contributed by atoms with Crippen molar-refractivity contribution in [3.63, 3.8) is 0 Å². The maximum absolute atomic E-state index is 12.3. The van der Waals surface area contributed by atoms with Crippen LogP contribution in [0.2, 0.25) is 0 Å². The zero-order valence-corrected chi connectivity index (χ0v) is 14.6. The van der Waals surface area contributed by atoms with Gasteiger partial charge in [-0.3, -0.25) is 4.79 Å². The van der Waals surface area contributed by atoms with E-state index in [4.69, 9.17) is 4.42 Å². The third-order valence-electron chi connectivity index (χ3n) is 4.32. The Bertz CT molecular complexity index is 400. The Morgan fingerprint density at radius 2 is 1.64 bits per heavy atom. The van der Waals surface area contributed by atoms with E-state index in [-0.39, 0.29) is 11.4 Å². The number of carbonyl (C=O) groups excluding carboxylic acids is 1. The minimum absolute atomic E-state index is 0.0856. The van der Waals surface area contributed by atoms with Crippen LogP contribution < -0.4 is 5.32 Å². The van der Waals surface area contributed by atoms with Crippen molar-refractivity contribution < 1.29 is 9.21 Å². The van der Waals surface area contributed by atoms with Gasteiger partial charge < -0.3 is 9.73 Å². The SMILES string of the molecule is CCCCCCCC(C)(CCCCC)NC(=O)c1ccco1. The second-order valence-corrected chi connectivity index (χ2v) is 6.61. The van der Waals surface area contributed by atoms with Crippen LogP contribution in [0.15, 0.2) is 22.8 Å². The first-order valence-corrected chi connectivity index (χ1v) is 8.97. The highest BCUT2D eigenvalue weighted by atomic mass is 16.3. The second kappa shape index (κ2) is 10.5. The lowest BCUT2D eigenvalue weighted by Gasteiger charge is -2.31. The minimum atomic E-state index is -0.120. The number of amides is 1. The summed E-state index contributed by atoms with van der Waals surface area (Å²) in [6, 6.07) is 3.48. The van der Waals surface area contributed by atoms with Gasteiger partial charge in [-0.1, -0.05) is 65.2 Å². The molecule has 3 heteroatoms. The summed E-state index contributed by atoms with van der Waals surface area (Å²) in [5.41, 5.74) is -0.120. The molecule has 0 saturated carbocycles. The van der Waals surface area contributed by atoms with Gasteiger partial charge in [0, 0.05) is 5.54 Å². The zero-order chi connectivity index (χ0) is 16.3. The molecule has 1 heterocycles. The molecular weight excluding hydrogens is 274 g/mol. The van der Waals surface area contributed by atoms with Crippen LogP contribution in [0.3, 0.4) is 0 Å².